The van der Waals surface area contributed by atoms with Crippen LogP contribution in [0.4, 0.5) is 0 Å². The molecule has 0 atom stereocenters. The maximum Gasteiger partial charge on any atom is 0.191 e. The molecule has 29 heavy (non-hydrogen) atoms. The van der Waals surface area contributed by atoms with Crippen LogP contribution >= 0.6 is 24.0 Å². The summed E-state index contributed by atoms with van der Waals surface area (Å²) in [4.78, 5) is 6.89. The van der Waals surface area contributed by atoms with Crippen molar-refractivity contribution in [2.75, 3.05) is 53.6 Å². The molecule has 0 bridgehead atoms. The molecule has 0 unspecified atom stereocenters. The number of hydrogen-bond acceptors (Lipinski definition) is 4. The molecular formula is C22H39IN4O2. The summed E-state index contributed by atoms with van der Waals surface area (Å²) in [6.07, 6.45) is 6.37. The number of nitrogens with one attached hydrogen (secondary N) is 2. The van der Waals surface area contributed by atoms with Gasteiger partial charge >= 0.3 is 0 Å². The molecule has 2 rings (SSSR count). The monoisotopic (exact) mass is 518 g/mol. The molecule has 2 N–H and O–H groups in total. The minimum atomic E-state index is 0. The second-order valence-electron chi connectivity index (χ2n) is 7.32. The molecule has 1 aliphatic heterocycles. The first kappa shape index (κ1) is 26.1. The highest BCUT2D eigenvalue weighted by atomic mass is 127. The lowest BCUT2D eigenvalue weighted by molar-refractivity contribution is 0.0698. The van der Waals surface area contributed by atoms with E-state index in [1.54, 1.807) is 14.2 Å². The zero-order valence-corrected chi connectivity index (χ0v) is 20.5. The average Bonchev–Trinajstić information content (AvgIpc) is 2.98. The number of ether oxygens (including phenoxy) is 2. The fourth-order valence-electron chi connectivity index (χ4n) is 3.42. The zero-order chi connectivity index (χ0) is 19.9. The van der Waals surface area contributed by atoms with Crippen molar-refractivity contribution in [2.24, 2.45) is 4.99 Å². The molecule has 1 fully saturated rings. The van der Waals surface area contributed by atoms with Crippen molar-refractivity contribution in [3.63, 3.8) is 0 Å². The maximum absolute atomic E-state index is 5.47. The van der Waals surface area contributed by atoms with Crippen LogP contribution in [0.15, 0.2) is 29.3 Å². The molecule has 7 heteroatoms. The number of aliphatic imine (C=N–C) groups is 1. The summed E-state index contributed by atoms with van der Waals surface area (Å²) in [6, 6.07) is 8.90. The van der Waals surface area contributed by atoms with Gasteiger partial charge in [-0.3, -0.25) is 9.89 Å². The van der Waals surface area contributed by atoms with Crippen LogP contribution in [0.1, 0.15) is 43.2 Å². The second-order valence-corrected chi connectivity index (χ2v) is 7.32. The summed E-state index contributed by atoms with van der Waals surface area (Å²) in [5.41, 5.74) is 2.69. The minimum absolute atomic E-state index is 0. The number of nitrogens with zero attached hydrogens (tertiary/aromatic N) is 2. The number of rotatable bonds is 11. The summed E-state index contributed by atoms with van der Waals surface area (Å²) in [6.45, 7) is 7.16. The van der Waals surface area contributed by atoms with Crippen molar-refractivity contribution < 1.29 is 9.47 Å². The van der Waals surface area contributed by atoms with Crippen molar-refractivity contribution in [2.45, 2.75) is 45.2 Å². The van der Waals surface area contributed by atoms with E-state index in [1.165, 1.54) is 49.9 Å². The second kappa shape index (κ2) is 16.8. The first-order valence-electron chi connectivity index (χ1n) is 10.6. The fourth-order valence-corrected chi connectivity index (χ4v) is 3.42. The molecule has 1 aromatic rings. The van der Waals surface area contributed by atoms with Crippen LogP contribution < -0.4 is 10.6 Å². The Morgan fingerprint density at radius 1 is 1.03 bits per heavy atom. The molecule has 1 aliphatic rings. The van der Waals surface area contributed by atoms with E-state index in [9.17, 15) is 0 Å². The molecule has 0 radical (unpaired) electrons. The van der Waals surface area contributed by atoms with Crippen LogP contribution in [-0.4, -0.2) is 64.5 Å². The van der Waals surface area contributed by atoms with Gasteiger partial charge in [-0.25, -0.2) is 0 Å². The Labute approximate surface area is 193 Å². The molecule has 1 saturated heterocycles. The first-order valence-corrected chi connectivity index (χ1v) is 10.6. The van der Waals surface area contributed by atoms with E-state index in [0.717, 1.165) is 38.6 Å². The normalized spacial score (nSPS) is 15.4. The minimum Gasteiger partial charge on any atom is -0.382 e. The smallest absolute Gasteiger partial charge is 0.191 e. The number of benzene rings is 1. The van der Waals surface area contributed by atoms with E-state index < -0.39 is 0 Å². The van der Waals surface area contributed by atoms with Gasteiger partial charge in [0.1, 0.15) is 0 Å². The Morgan fingerprint density at radius 3 is 2.52 bits per heavy atom. The van der Waals surface area contributed by atoms with Gasteiger partial charge in [-0.1, -0.05) is 37.1 Å². The Morgan fingerprint density at radius 2 is 1.79 bits per heavy atom. The quantitative estimate of drug-likeness (QED) is 0.204. The predicted octanol–water partition coefficient (Wildman–Crippen LogP) is 3.40. The van der Waals surface area contributed by atoms with E-state index in [0.29, 0.717) is 13.2 Å². The van der Waals surface area contributed by atoms with Gasteiger partial charge < -0.3 is 20.1 Å². The van der Waals surface area contributed by atoms with Crippen LogP contribution in [0.5, 0.6) is 0 Å². The van der Waals surface area contributed by atoms with Crippen LogP contribution in [0.2, 0.25) is 0 Å². The molecule has 166 valence electrons. The van der Waals surface area contributed by atoms with Crippen molar-refractivity contribution in [3.05, 3.63) is 35.4 Å². The highest BCUT2D eigenvalue weighted by Crippen LogP contribution is 2.14. The van der Waals surface area contributed by atoms with Crippen molar-refractivity contribution in [1.82, 2.24) is 15.5 Å². The lowest BCUT2D eigenvalue weighted by Crippen LogP contribution is -2.37. The number of guanidine groups is 1. The lowest BCUT2D eigenvalue weighted by Gasteiger charge is -2.20. The number of methoxy groups -OCH3 is 1. The predicted molar refractivity (Wildman–Crippen MR) is 131 cm³/mol. The summed E-state index contributed by atoms with van der Waals surface area (Å²) in [7, 11) is 3.49. The fraction of sp³-hybridized carbons (Fsp3) is 0.682. The Hall–Kier alpha value is -0.900. The summed E-state index contributed by atoms with van der Waals surface area (Å²) >= 11 is 0. The molecule has 6 nitrogen and oxygen atoms in total. The average molecular weight is 518 g/mol. The summed E-state index contributed by atoms with van der Waals surface area (Å²) < 4.78 is 10.4. The van der Waals surface area contributed by atoms with Gasteiger partial charge in [-0.15, -0.1) is 24.0 Å². The van der Waals surface area contributed by atoms with Crippen LogP contribution in [-0.2, 0) is 22.6 Å². The van der Waals surface area contributed by atoms with Gasteiger partial charge in [0.05, 0.1) is 13.2 Å². The number of halogens is 1. The highest BCUT2D eigenvalue weighted by molar-refractivity contribution is 14.0. The summed E-state index contributed by atoms with van der Waals surface area (Å²) in [5, 5.41) is 6.74. The van der Waals surface area contributed by atoms with Crippen LogP contribution in [0, 0.1) is 0 Å². The maximum atomic E-state index is 5.47. The van der Waals surface area contributed by atoms with E-state index in [-0.39, 0.29) is 24.0 Å². The Balaban J connectivity index is 0.00000420. The van der Waals surface area contributed by atoms with Crippen LogP contribution in [0.3, 0.4) is 0 Å². The third-order valence-electron chi connectivity index (χ3n) is 4.97. The number of likely N-dealkylation sites (tertiary alicyclic amines) is 1. The molecule has 0 saturated carbocycles. The van der Waals surface area contributed by atoms with E-state index in [1.807, 2.05) is 0 Å². The molecule has 0 aliphatic carbocycles. The van der Waals surface area contributed by atoms with E-state index in [4.69, 9.17) is 9.47 Å². The third-order valence-corrected chi connectivity index (χ3v) is 4.97. The topological polar surface area (TPSA) is 58.1 Å². The van der Waals surface area contributed by atoms with Gasteiger partial charge in [-0.05, 0) is 43.5 Å². The molecule has 0 amide bonds. The van der Waals surface area contributed by atoms with Gasteiger partial charge in [0.15, 0.2) is 5.96 Å². The lowest BCUT2D eigenvalue weighted by atomic mass is 10.1. The van der Waals surface area contributed by atoms with Crippen molar-refractivity contribution >= 4 is 29.9 Å². The zero-order valence-electron chi connectivity index (χ0n) is 18.1. The van der Waals surface area contributed by atoms with Gasteiger partial charge in [0.2, 0.25) is 0 Å². The SMILES string of the molecule is CN=C(NCCCOCCOC)NCc1cccc(CN2CCCCCC2)c1.I. The molecular weight excluding hydrogens is 479 g/mol. The van der Waals surface area contributed by atoms with Gasteiger partial charge in [0.25, 0.3) is 0 Å². The largest absolute Gasteiger partial charge is 0.382 e. The molecule has 0 spiro atoms. The van der Waals surface area contributed by atoms with E-state index in [2.05, 4.69) is 44.8 Å². The molecule has 1 heterocycles. The Kier molecular flexibility index (Phi) is 15.2. The van der Waals surface area contributed by atoms with Crippen molar-refractivity contribution in [1.29, 1.82) is 0 Å². The van der Waals surface area contributed by atoms with Crippen molar-refractivity contribution in [3.8, 4) is 0 Å². The third kappa shape index (κ3) is 11.8. The highest BCUT2D eigenvalue weighted by Gasteiger charge is 2.09. The van der Waals surface area contributed by atoms with Gasteiger partial charge in [-0.2, -0.15) is 0 Å². The Bertz CT molecular complexity index is 563. The van der Waals surface area contributed by atoms with Crippen LogP contribution in [0.25, 0.3) is 0 Å². The number of hydrogen-bond donors (Lipinski definition) is 2. The molecule has 1 aromatic carbocycles. The first-order chi connectivity index (χ1) is 13.8. The molecule has 0 aromatic heterocycles. The van der Waals surface area contributed by atoms with Gasteiger partial charge in [0, 0.05) is 40.4 Å². The van der Waals surface area contributed by atoms with E-state index >= 15 is 0 Å². The standard InChI is InChI=1S/C22H38N4O2.HI/c1-23-22(24-11-8-14-28-16-15-27-2)25-18-20-9-7-10-21(17-20)19-26-12-5-3-4-6-13-26;/h7,9-10,17H,3-6,8,11-16,18-19H2,1-2H3,(H2,23,24,25);1H. The summed E-state index contributed by atoms with van der Waals surface area (Å²) in [5.74, 6) is 0.829.